The van der Waals surface area contributed by atoms with Gasteiger partial charge in [-0.15, -0.1) is 0 Å². The van der Waals surface area contributed by atoms with E-state index in [0.717, 1.165) is 32.2 Å². The summed E-state index contributed by atoms with van der Waals surface area (Å²) in [5.41, 5.74) is 1.22. The number of aldehydes is 1. The molecule has 0 aromatic rings. The molecule has 0 amide bonds. The van der Waals surface area contributed by atoms with Gasteiger partial charge < -0.3 is 4.90 Å². The minimum Gasteiger partial charge on any atom is -0.375 e. The van der Waals surface area contributed by atoms with Gasteiger partial charge in [-0.25, -0.2) is 0 Å². The average molecular weight is 225 g/mol. The third-order valence-electron chi connectivity index (χ3n) is 2.74. The summed E-state index contributed by atoms with van der Waals surface area (Å²) in [7, 11) is 0. The zero-order valence-corrected chi connectivity index (χ0v) is 11.2. The van der Waals surface area contributed by atoms with Crippen LogP contribution < -0.4 is 0 Å². The zero-order valence-electron chi connectivity index (χ0n) is 11.2. The quantitative estimate of drug-likeness (QED) is 0.416. The van der Waals surface area contributed by atoms with Gasteiger partial charge in [-0.3, -0.25) is 4.79 Å². The van der Waals surface area contributed by atoms with Crippen LogP contribution in [0.5, 0.6) is 0 Å². The number of hydrogen-bond donors (Lipinski definition) is 0. The highest BCUT2D eigenvalue weighted by atomic mass is 16.1. The molecule has 0 rings (SSSR count). The van der Waals surface area contributed by atoms with E-state index in [4.69, 9.17) is 0 Å². The number of allylic oxidation sites excluding steroid dienone is 2. The van der Waals surface area contributed by atoms with Gasteiger partial charge >= 0.3 is 0 Å². The van der Waals surface area contributed by atoms with Crippen molar-refractivity contribution in [1.29, 1.82) is 0 Å². The Hall–Kier alpha value is -0.790. The van der Waals surface area contributed by atoms with Crippen molar-refractivity contribution in [3.63, 3.8) is 0 Å². The maximum Gasteiger partial charge on any atom is 0.144 e. The maximum absolute atomic E-state index is 10.6. The summed E-state index contributed by atoms with van der Waals surface area (Å²) in [6.45, 7) is 8.77. The van der Waals surface area contributed by atoms with E-state index in [1.807, 2.05) is 0 Å². The smallest absolute Gasteiger partial charge is 0.144 e. The van der Waals surface area contributed by atoms with Crippen molar-refractivity contribution in [1.82, 2.24) is 4.90 Å². The highest BCUT2D eigenvalue weighted by Crippen LogP contribution is 2.13. The molecule has 2 nitrogen and oxygen atoms in total. The molecule has 2 heteroatoms. The first kappa shape index (κ1) is 15.2. The van der Waals surface area contributed by atoms with Crippen LogP contribution in [0.25, 0.3) is 0 Å². The molecule has 0 fully saturated rings. The maximum atomic E-state index is 10.6. The fraction of sp³-hybridized carbons (Fsp3) is 0.786. The van der Waals surface area contributed by atoms with Gasteiger partial charge in [0.15, 0.2) is 0 Å². The molecule has 0 atom stereocenters. The first-order valence-electron chi connectivity index (χ1n) is 6.69. The molecule has 0 heterocycles. The summed E-state index contributed by atoms with van der Waals surface area (Å²) < 4.78 is 0. The largest absolute Gasteiger partial charge is 0.375 e. The molecular formula is C14H27NO. The number of unbranched alkanes of at least 4 members (excludes halogenated alkanes) is 2. The van der Waals surface area contributed by atoms with E-state index in [0.29, 0.717) is 0 Å². The van der Waals surface area contributed by atoms with Gasteiger partial charge in [0.05, 0.1) is 0 Å². The fourth-order valence-corrected chi connectivity index (χ4v) is 1.78. The van der Waals surface area contributed by atoms with E-state index in [1.54, 1.807) is 6.08 Å². The van der Waals surface area contributed by atoms with Gasteiger partial charge in [-0.2, -0.15) is 0 Å². The highest BCUT2D eigenvalue weighted by molar-refractivity contribution is 5.65. The first-order valence-corrected chi connectivity index (χ1v) is 6.69. The summed E-state index contributed by atoms with van der Waals surface area (Å²) >= 11 is 0. The van der Waals surface area contributed by atoms with Gasteiger partial charge in [0.25, 0.3) is 0 Å². The zero-order chi connectivity index (χ0) is 12.2. The minimum atomic E-state index is 0.926. The predicted octanol–water partition coefficient (Wildman–Crippen LogP) is 3.77. The second kappa shape index (κ2) is 10.7. The SMILES string of the molecule is CCCCN(CCCC)/C(=C\C=O)CCC. The normalized spacial score (nSPS) is 11.6. The third kappa shape index (κ3) is 6.65. The lowest BCUT2D eigenvalue weighted by Gasteiger charge is -2.27. The molecule has 0 unspecified atom stereocenters. The second-order valence-electron chi connectivity index (χ2n) is 4.24. The Labute approximate surface area is 101 Å². The van der Waals surface area contributed by atoms with E-state index < -0.39 is 0 Å². The molecule has 0 aliphatic rings. The number of carbonyl (C=O) groups is 1. The monoisotopic (exact) mass is 225 g/mol. The number of hydrogen-bond acceptors (Lipinski definition) is 2. The molecule has 0 aliphatic heterocycles. The Bertz CT molecular complexity index is 191. The molecule has 16 heavy (non-hydrogen) atoms. The standard InChI is InChI=1S/C14H27NO/c1-4-7-11-15(12-8-5-2)14(9-6-3)10-13-16/h10,13H,4-9,11-12H2,1-3H3/b14-10-. The van der Waals surface area contributed by atoms with Crippen LogP contribution in [0, 0.1) is 0 Å². The molecule has 0 radical (unpaired) electrons. The van der Waals surface area contributed by atoms with Crippen molar-refractivity contribution in [2.24, 2.45) is 0 Å². The Kier molecular flexibility index (Phi) is 10.2. The van der Waals surface area contributed by atoms with Crippen molar-refractivity contribution in [3.8, 4) is 0 Å². The van der Waals surface area contributed by atoms with Crippen molar-refractivity contribution >= 4 is 6.29 Å². The van der Waals surface area contributed by atoms with Crippen LogP contribution >= 0.6 is 0 Å². The number of carbonyl (C=O) groups excluding carboxylic acids is 1. The predicted molar refractivity (Wildman–Crippen MR) is 70.4 cm³/mol. The molecule has 0 saturated carbocycles. The Morgan fingerprint density at radius 2 is 1.56 bits per heavy atom. The van der Waals surface area contributed by atoms with Crippen LogP contribution in [0.1, 0.15) is 59.3 Å². The molecule has 0 bridgehead atoms. The van der Waals surface area contributed by atoms with E-state index >= 15 is 0 Å². The van der Waals surface area contributed by atoms with Gasteiger partial charge in [0, 0.05) is 18.8 Å². The van der Waals surface area contributed by atoms with E-state index in [2.05, 4.69) is 25.7 Å². The Morgan fingerprint density at radius 3 is 1.94 bits per heavy atom. The minimum absolute atomic E-state index is 0.926. The lowest BCUT2D eigenvalue weighted by Crippen LogP contribution is -2.25. The number of nitrogens with zero attached hydrogens (tertiary/aromatic N) is 1. The van der Waals surface area contributed by atoms with Crippen LogP contribution in [0.15, 0.2) is 11.8 Å². The van der Waals surface area contributed by atoms with Crippen molar-refractivity contribution < 1.29 is 4.79 Å². The Balaban J connectivity index is 4.39. The lowest BCUT2D eigenvalue weighted by molar-refractivity contribution is -0.104. The van der Waals surface area contributed by atoms with Crippen LogP contribution in [0.3, 0.4) is 0 Å². The molecule has 94 valence electrons. The average Bonchev–Trinajstić information content (AvgIpc) is 2.29. The van der Waals surface area contributed by atoms with E-state index in [1.165, 1.54) is 31.4 Å². The van der Waals surface area contributed by atoms with Crippen LogP contribution in [0.2, 0.25) is 0 Å². The van der Waals surface area contributed by atoms with E-state index in [9.17, 15) is 4.79 Å². The molecule has 0 N–H and O–H groups in total. The van der Waals surface area contributed by atoms with Crippen LogP contribution in [0.4, 0.5) is 0 Å². The van der Waals surface area contributed by atoms with E-state index in [-0.39, 0.29) is 0 Å². The Morgan fingerprint density at radius 1 is 1.00 bits per heavy atom. The number of rotatable bonds is 10. The summed E-state index contributed by atoms with van der Waals surface area (Å²) in [5.74, 6) is 0. The first-order chi connectivity index (χ1) is 7.79. The molecule has 0 saturated heterocycles. The summed E-state index contributed by atoms with van der Waals surface area (Å²) in [5, 5.41) is 0. The molecule has 0 aromatic carbocycles. The summed E-state index contributed by atoms with van der Waals surface area (Å²) in [4.78, 5) is 13.0. The third-order valence-corrected chi connectivity index (χ3v) is 2.74. The molecule has 0 spiro atoms. The fourth-order valence-electron chi connectivity index (χ4n) is 1.78. The van der Waals surface area contributed by atoms with Gasteiger partial charge in [0.2, 0.25) is 0 Å². The van der Waals surface area contributed by atoms with Crippen LogP contribution in [-0.4, -0.2) is 24.3 Å². The van der Waals surface area contributed by atoms with Gasteiger partial charge in [0.1, 0.15) is 6.29 Å². The van der Waals surface area contributed by atoms with Crippen molar-refractivity contribution in [3.05, 3.63) is 11.8 Å². The van der Waals surface area contributed by atoms with Gasteiger partial charge in [-0.1, -0.05) is 40.0 Å². The topological polar surface area (TPSA) is 20.3 Å². The molecular weight excluding hydrogens is 198 g/mol. The molecule has 0 aliphatic carbocycles. The highest BCUT2D eigenvalue weighted by Gasteiger charge is 2.07. The summed E-state index contributed by atoms with van der Waals surface area (Å²) in [6, 6.07) is 0. The van der Waals surface area contributed by atoms with Gasteiger partial charge in [-0.05, 0) is 25.3 Å². The second-order valence-corrected chi connectivity index (χ2v) is 4.24. The molecule has 0 aromatic heterocycles. The van der Waals surface area contributed by atoms with Crippen molar-refractivity contribution in [2.75, 3.05) is 13.1 Å². The lowest BCUT2D eigenvalue weighted by atomic mass is 10.2. The van der Waals surface area contributed by atoms with Crippen molar-refractivity contribution in [2.45, 2.75) is 59.3 Å². The van der Waals surface area contributed by atoms with Crippen LogP contribution in [-0.2, 0) is 4.79 Å². The summed E-state index contributed by atoms with van der Waals surface area (Å²) in [6.07, 6.45) is 9.64.